The van der Waals surface area contributed by atoms with Gasteiger partial charge in [-0.2, -0.15) is 0 Å². The lowest BCUT2D eigenvalue weighted by atomic mass is 10.2. The van der Waals surface area contributed by atoms with Crippen molar-refractivity contribution in [2.24, 2.45) is 4.99 Å². The Kier molecular flexibility index (Phi) is 1.98. The lowest BCUT2D eigenvalue weighted by Gasteiger charge is -1.85. The van der Waals surface area contributed by atoms with E-state index >= 15 is 0 Å². The molecule has 1 rings (SSSR count). The molecule has 2 heteroatoms. The molecule has 1 heterocycles. The fourth-order valence-corrected chi connectivity index (χ4v) is 0.604. The van der Waals surface area contributed by atoms with Gasteiger partial charge in [0.2, 0.25) is 0 Å². The topological polar surface area (TPSA) is 29.4 Å². The summed E-state index contributed by atoms with van der Waals surface area (Å²) >= 11 is 0. The summed E-state index contributed by atoms with van der Waals surface area (Å²) < 4.78 is 0. The molecular formula is C8H7NO. The van der Waals surface area contributed by atoms with E-state index in [1.807, 2.05) is 0 Å². The number of hydrogen-bond acceptors (Lipinski definition) is 2. The van der Waals surface area contributed by atoms with E-state index in [4.69, 9.17) is 0 Å². The number of nitrogens with zero attached hydrogens (tertiary/aromatic N) is 1. The van der Waals surface area contributed by atoms with Gasteiger partial charge >= 0.3 is 0 Å². The van der Waals surface area contributed by atoms with Gasteiger partial charge in [0, 0.05) is 12.4 Å². The first-order valence-corrected chi connectivity index (χ1v) is 2.96. The van der Waals surface area contributed by atoms with Crippen molar-refractivity contribution >= 4 is 12.0 Å². The maximum absolute atomic E-state index is 10.7. The Labute approximate surface area is 59.3 Å². The largest absolute Gasteiger partial charge is 0.294 e. The molecule has 0 amide bonds. The molecule has 10 heavy (non-hydrogen) atoms. The van der Waals surface area contributed by atoms with Crippen LogP contribution in [0.2, 0.25) is 0 Å². The molecule has 1 aliphatic rings. The summed E-state index contributed by atoms with van der Waals surface area (Å²) in [5.41, 5.74) is 3.35. The zero-order chi connectivity index (χ0) is 7.40. The van der Waals surface area contributed by atoms with Gasteiger partial charge in [-0.3, -0.25) is 9.79 Å². The van der Waals surface area contributed by atoms with Crippen molar-refractivity contribution < 1.29 is 4.79 Å². The van der Waals surface area contributed by atoms with Crippen LogP contribution in [0.1, 0.15) is 6.92 Å². The Morgan fingerprint density at radius 1 is 1.70 bits per heavy atom. The smallest absolute Gasteiger partial charge is 0.167 e. The average molecular weight is 133 g/mol. The van der Waals surface area contributed by atoms with Gasteiger partial charge < -0.3 is 0 Å². The molecule has 0 aromatic heterocycles. The van der Waals surface area contributed by atoms with Crippen LogP contribution in [0, 0.1) is 0 Å². The summed E-state index contributed by atoms with van der Waals surface area (Å²) in [6.45, 7) is 1.51. The number of hydrogen-bond donors (Lipinski definition) is 0. The van der Waals surface area contributed by atoms with Crippen molar-refractivity contribution in [3.05, 3.63) is 29.7 Å². The SMILES string of the molecule is CC(=O)C1=C=CC=NC=C1. The second kappa shape index (κ2) is 2.95. The summed E-state index contributed by atoms with van der Waals surface area (Å²) in [5, 5.41) is 0. The summed E-state index contributed by atoms with van der Waals surface area (Å²) in [6, 6.07) is 0. The predicted octanol–water partition coefficient (Wildman–Crippen LogP) is 1.25. The van der Waals surface area contributed by atoms with Crippen molar-refractivity contribution in [3.63, 3.8) is 0 Å². The Hall–Kier alpha value is -1.40. The van der Waals surface area contributed by atoms with E-state index in [-0.39, 0.29) is 5.78 Å². The van der Waals surface area contributed by atoms with Gasteiger partial charge in [0.05, 0.1) is 5.57 Å². The number of ketones is 1. The number of carbonyl (C=O) groups excluding carboxylic acids is 1. The number of allylic oxidation sites excluding steroid dienone is 2. The van der Waals surface area contributed by atoms with Gasteiger partial charge in [-0.25, -0.2) is 0 Å². The van der Waals surface area contributed by atoms with Gasteiger partial charge in [0.1, 0.15) is 0 Å². The normalized spacial score (nSPS) is 14.7. The third-order valence-electron chi connectivity index (χ3n) is 1.11. The molecule has 0 spiro atoms. The van der Waals surface area contributed by atoms with Gasteiger partial charge in [-0.15, -0.1) is 5.73 Å². The molecule has 0 aromatic carbocycles. The lowest BCUT2D eigenvalue weighted by Crippen LogP contribution is -1.89. The minimum Gasteiger partial charge on any atom is -0.294 e. The van der Waals surface area contributed by atoms with Crippen LogP contribution in [-0.2, 0) is 4.79 Å². The fourth-order valence-electron chi connectivity index (χ4n) is 0.604. The molecule has 0 saturated carbocycles. The third-order valence-corrected chi connectivity index (χ3v) is 1.11. The molecule has 0 N–H and O–H groups in total. The maximum atomic E-state index is 10.7. The standard InChI is InChI=1S/C8H7NO/c1-7(10)8-3-2-5-9-6-4-8/h2,4-6H,1H3. The average Bonchev–Trinajstić information content (AvgIpc) is 2.12. The van der Waals surface area contributed by atoms with Crippen LogP contribution in [0.3, 0.4) is 0 Å². The molecule has 0 aliphatic carbocycles. The van der Waals surface area contributed by atoms with Crippen LogP contribution in [0.25, 0.3) is 0 Å². The molecular weight excluding hydrogens is 126 g/mol. The van der Waals surface area contributed by atoms with Crippen LogP contribution in [-0.4, -0.2) is 12.0 Å². The van der Waals surface area contributed by atoms with E-state index in [0.29, 0.717) is 5.57 Å². The van der Waals surface area contributed by atoms with Crippen LogP contribution in [0.5, 0.6) is 0 Å². The summed E-state index contributed by atoms with van der Waals surface area (Å²) in [6.07, 6.45) is 6.43. The minimum absolute atomic E-state index is 0.0120. The fraction of sp³-hybridized carbons (Fsp3) is 0.125. The molecule has 0 unspecified atom stereocenters. The highest BCUT2D eigenvalue weighted by Gasteiger charge is 1.96. The molecule has 0 atom stereocenters. The predicted molar refractivity (Wildman–Crippen MR) is 39.9 cm³/mol. The molecule has 0 saturated heterocycles. The highest BCUT2D eigenvalue weighted by Crippen LogP contribution is 1.97. The first-order valence-electron chi connectivity index (χ1n) is 2.96. The molecule has 2 nitrogen and oxygen atoms in total. The second-order valence-corrected chi connectivity index (χ2v) is 1.89. The summed E-state index contributed by atoms with van der Waals surface area (Å²) in [5.74, 6) is 0.0120. The van der Waals surface area contributed by atoms with Crippen molar-refractivity contribution in [1.29, 1.82) is 0 Å². The summed E-state index contributed by atoms with van der Waals surface area (Å²) in [4.78, 5) is 14.5. The summed E-state index contributed by atoms with van der Waals surface area (Å²) in [7, 11) is 0. The zero-order valence-electron chi connectivity index (χ0n) is 5.66. The number of rotatable bonds is 1. The van der Waals surface area contributed by atoms with Crippen LogP contribution in [0.15, 0.2) is 34.6 Å². The third kappa shape index (κ3) is 1.54. The van der Waals surface area contributed by atoms with E-state index in [1.54, 1.807) is 24.6 Å². The van der Waals surface area contributed by atoms with Gasteiger partial charge in [0.25, 0.3) is 0 Å². The molecule has 0 radical (unpaired) electrons. The van der Waals surface area contributed by atoms with Gasteiger partial charge in [-0.05, 0) is 19.1 Å². The highest BCUT2D eigenvalue weighted by atomic mass is 16.1. The minimum atomic E-state index is 0.0120. The number of Topliss-reactive ketones (excluding diaryl/α,β-unsaturated/α-hetero) is 1. The monoisotopic (exact) mass is 133 g/mol. The van der Waals surface area contributed by atoms with E-state index in [0.717, 1.165) is 0 Å². The molecule has 0 aromatic rings. The Bertz CT molecular complexity index is 265. The first-order chi connectivity index (χ1) is 4.80. The van der Waals surface area contributed by atoms with E-state index in [9.17, 15) is 4.79 Å². The Morgan fingerprint density at radius 3 is 3.20 bits per heavy atom. The molecule has 1 aliphatic heterocycles. The molecule has 0 bridgehead atoms. The lowest BCUT2D eigenvalue weighted by molar-refractivity contribution is -0.113. The quantitative estimate of drug-likeness (QED) is 0.495. The maximum Gasteiger partial charge on any atom is 0.167 e. The number of carbonyl (C=O) groups is 1. The van der Waals surface area contributed by atoms with Crippen LogP contribution >= 0.6 is 0 Å². The van der Waals surface area contributed by atoms with Crippen molar-refractivity contribution in [2.75, 3.05) is 0 Å². The molecule has 0 fully saturated rings. The van der Waals surface area contributed by atoms with E-state index < -0.39 is 0 Å². The highest BCUT2D eigenvalue weighted by molar-refractivity contribution is 5.96. The van der Waals surface area contributed by atoms with Crippen LogP contribution in [0.4, 0.5) is 0 Å². The van der Waals surface area contributed by atoms with Crippen molar-refractivity contribution in [3.8, 4) is 0 Å². The van der Waals surface area contributed by atoms with Crippen molar-refractivity contribution in [2.45, 2.75) is 6.92 Å². The second-order valence-electron chi connectivity index (χ2n) is 1.89. The zero-order valence-corrected chi connectivity index (χ0v) is 5.66. The Balaban J connectivity index is 2.98. The molecule has 50 valence electrons. The van der Waals surface area contributed by atoms with E-state index in [1.165, 1.54) is 6.92 Å². The number of aliphatic imine (C=N–C) groups is 1. The van der Waals surface area contributed by atoms with Crippen molar-refractivity contribution in [1.82, 2.24) is 0 Å². The van der Waals surface area contributed by atoms with Gasteiger partial charge in [-0.1, -0.05) is 0 Å². The first kappa shape index (κ1) is 6.72. The van der Waals surface area contributed by atoms with Gasteiger partial charge in [0.15, 0.2) is 5.78 Å². The van der Waals surface area contributed by atoms with E-state index in [2.05, 4.69) is 10.7 Å². The van der Waals surface area contributed by atoms with Crippen LogP contribution < -0.4 is 0 Å². The Morgan fingerprint density at radius 2 is 2.50 bits per heavy atom.